The standard InChI is InChI=1S/C30H36ClN7O3/c31-28-18-27(29(32)34-33-28)37-19-24-6-7-25(20-37)38(24)23-8-10-26(11-9-23)40-17-16-35-12-14-36(15-13-35)30(39)41-21-22-4-2-1-3-5-22/h1-5,8-11,18,24-25H,6-7,12-17,19-21H2,(H2,32,34)/t24-,25+. The van der Waals surface area contributed by atoms with E-state index in [0.717, 1.165) is 62.6 Å². The van der Waals surface area contributed by atoms with Crippen molar-refractivity contribution in [3.05, 3.63) is 71.4 Å². The number of anilines is 3. The molecule has 0 spiro atoms. The summed E-state index contributed by atoms with van der Waals surface area (Å²) in [6, 6.07) is 20.8. The fraction of sp³-hybridized carbons (Fsp3) is 0.433. The molecule has 10 nitrogen and oxygen atoms in total. The third-order valence-corrected chi connectivity index (χ3v) is 8.43. The Labute approximate surface area is 245 Å². The maximum absolute atomic E-state index is 12.4. The van der Waals surface area contributed by atoms with Gasteiger partial charge in [0.2, 0.25) is 0 Å². The first-order chi connectivity index (χ1) is 20.0. The highest BCUT2D eigenvalue weighted by Crippen LogP contribution is 2.38. The molecule has 2 N–H and O–H groups in total. The van der Waals surface area contributed by atoms with Crippen LogP contribution >= 0.6 is 11.6 Å². The van der Waals surface area contributed by atoms with Gasteiger partial charge >= 0.3 is 6.09 Å². The molecule has 3 aliphatic heterocycles. The summed E-state index contributed by atoms with van der Waals surface area (Å²) in [6.07, 6.45) is 2.04. The van der Waals surface area contributed by atoms with Gasteiger partial charge in [0.15, 0.2) is 11.0 Å². The number of carbonyl (C=O) groups is 1. The van der Waals surface area contributed by atoms with Gasteiger partial charge in [-0.25, -0.2) is 4.79 Å². The van der Waals surface area contributed by atoms with E-state index in [9.17, 15) is 4.79 Å². The summed E-state index contributed by atoms with van der Waals surface area (Å²) in [5.74, 6) is 1.29. The Hall–Kier alpha value is -3.76. The molecule has 11 heteroatoms. The van der Waals surface area contributed by atoms with E-state index in [1.165, 1.54) is 5.69 Å². The number of carbonyl (C=O) groups excluding carboxylic acids is 1. The number of nitrogen functional groups attached to an aromatic ring is 1. The summed E-state index contributed by atoms with van der Waals surface area (Å²) in [5, 5.41) is 8.21. The van der Waals surface area contributed by atoms with Gasteiger partial charge in [-0.3, -0.25) is 4.90 Å². The largest absolute Gasteiger partial charge is 0.492 e. The van der Waals surface area contributed by atoms with Crippen LogP contribution in [-0.2, 0) is 11.3 Å². The van der Waals surface area contributed by atoms with Crippen molar-refractivity contribution < 1.29 is 14.3 Å². The molecule has 1 amide bonds. The first-order valence-electron chi connectivity index (χ1n) is 14.3. The van der Waals surface area contributed by atoms with Crippen LogP contribution in [-0.4, -0.2) is 90.6 Å². The zero-order valence-electron chi connectivity index (χ0n) is 23.1. The van der Waals surface area contributed by atoms with Crippen molar-refractivity contribution in [2.24, 2.45) is 0 Å². The third kappa shape index (κ3) is 6.44. The second-order valence-electron chi connectivity index (χ2n) is 10.8. The van der Waals surface area contributed by atoms with Crippen LogP contribution < -0.4 is 20.3 Å². The number of nitrogens with two attached hydrogens (primary N) is 1. The van der Waals surface area contributed by atoms with Gasteiger partial charge in [0, 0.05) is 69.7 Å². The zero-order valence-corrected chi connectivity index (χ0v) is 23.8. The molecule has 4 heterocycles. The molecule has 41 heavy (non-hydrogen) atoms. The number of hydrogen-bond acceptors (Lipinski definition) is 9. The van der Waals surface area contributed by atoms with E-state index in [2.05, 4.69) is 49.2 Å². The number of benzene rings is 2. The minimum Gasteiger partial charge on any atom is -0.492 e. The zero-order chi connectivity index (χ0) is 28.2. The molecular formula is C30H36ClN7O3. The first-order valence-corrected chi connectivity index (χ1v) is 14.6. The van der Waals surface area contributed by atoms with E-state index in [1.807, 2.05) is 36.4 Å². The van der Waals surface area contributed by atoms with Gasteiger partial charge in [0.1, 0.15) is 19.0 Å². The van der Waals surface area contributed by atoms with E-state index >= 15 is 0 Å². The predicted molar refractivity (Wildman–Crippen MR) is 160 cm³/mol. The second kappa shape index (κ2) is 12.4. The second-order valence-corrected chi connectivity index (χ2v) is 11.2. The van der Waals surface area contributed by atoms with Crippen molar-refractivity contribution in [3.8, 4) is 5.75 Å². The van der Waals surface area contributed by atoms with Gasteiger partial charge in [-0.05, 0) is 42.7 Å². The van der Waals surface area contributed by atoms with Crippen LogP contribution in [0, 0.1) is 0 Å². The van der Waals surface area contributed by atoms with E-state index in [-0.39, 0.29) is 6.09 Å². The lowest BCUT2D eigenvalue weighted by atomic mass is 10.1. The number of ether oxygens (including phenoxy) is 2. The molecule has 216 valence electrons. The number of nitrogens with zero attached hydrogens (tertiary/aromatic N) is 6. The summed E-state index contributed by atoms with van der Waals surface area (Å²) in [5.41, 5.74) is 9.19. The molecular weight excluding hydrogens is 542 g/mol. The van der Waals surface area contributed by atoms with E-state index in [1.54, 1.807) is 4.90 Å². The molecule has 3 aliphatic rings. The third-order valence-electron chi connectivity index (χ3n) is 8.24. The van der Waals surface area contributed by atoms with Crippen molar-refractivity contribution in [1.82, 2.24) is 20.0 Å². The fourth-order valence-electron chi connectivity index (χ4n) is 6.11. The van der Waals surface area contributed by atoms with Crippen LogP contribution in [0.3, 0.4) is 0 Å². The number of fused-ring (bicyclic) bond motifs is 2. The first kappa shape index (κ1) is 27.4. The molecule has 6 rings (SSSR count). The summed E-state index contributed by atoms with van der Waals surface area (Å²) in [6.45, 7) is 6.42. The molecule has 3 saturated heterocycles. The highest BCUT2D eigenvalue weighted by molar-refractivity contribution is 6.29. The number of amides is 1. The average Bonchev–Trinajstić information content (AvgIpc) is 3.27. The highest BCUT2D eigenvalue weighted by atomic mass is 35.5. The monoisotopic (exact) mass is 577 g/mol. The molecule has 3 aromatic rings. The van der Waals surface area contributed by atoms with Gasteiger partial charge in [0.25, 0.3) is 0 Å². The Morgan fingerprint density at radius 2 is 1.66 bits per heavy atom. The minimum absolute atomic E-state index is 0.248. The predicted octanol–water partition coefficient (Wildman–Crippen LogP) is 3.90. The van der Waals surface area contributed by atoms with Gasteiger partial charge < -0.3 is 29.9 Å². The Balaban J connectivity index is 0.936. The maximum atomic E-state index is 12.4. The van der Waals surface area contributed by atoms with Crippen LogP contribution in [0.1, 0.15) is 18.4 Å². The van der Waals surface area contributed by atoms with Crippen molar-refractivity contribution >= 4 is 34.9 Å². The van der Waals surface area contributed by atoms with Crippen molar-refractivity contribution in [1.29, 1.82) is 0 Å². The Bertz CT molecular complexity index is 1310. The molecule has 2 atom stereocenters. The van der Waals surface area contributed by atoms with Crippen LogP contribution in [0.5, 0.6) is 5.75 Å². The number of aromatic nitrogens is 2. The van der Waals surface area contributed by atoms with Crippen LogP contribution in [0.25, 0.3) is 0 Å². The van der Waals surface area contributed by atoms with Gasteiger partial charge in [-0.15, -0.1) is 10.2 Å². The van der Waals surface area contributed by atoms with Gasteiger partial charge in [0.05, 0.1) is 5.69 Å². The van der Waals surface area contributed by atoms with Crippen molar-refractivity contribution in [2.45, 2.75) is 31.5 Å². The quantitative estimate of drug-likeness (QED) is 0.427. The van der Waals surface area contributed by atoms with E-state index in [0.29, 0.717) is 49.4 Å². The maximum Gasteiger partial charge on any atom is 0.410 e. The SMILES string of the molecule is Nc1nnc(Cl)cc1N1C[C@H]2CC[C@@H](C1)N2c1ccc(OCCN2CCN(C(=O)OCc3ccccc3)CC2)cc1. The molecule has 0 aliphatic carbocycles. The number of halogens is 1. The van der Waals surface area contributed by atoms with Crippen molar-refractivity contribution in [3.63, 3.8) is 0 Å². The molecule has 0 radical (unpaired) electrons. The lowest BCUT2D eigenvalue weighted by Gasteiger charge is -2.43. The number of hydrogen-bond donors (Lipinski definition) is 1. The summed E-state index contributed by atoms with van der Waals surface area (Å²) in [4.78, 5) is 21.3. The van der Waals surface area contributed by atoms with Crippen LogP contribution in [0.15, 0.2) is 60.7 Å². The van der Waals surface area contributed by atoms with E-state index < -0.39 is 0 Å². The Morgan fingerprint density at radius 3 is 2.37 bits per heavy atom. The average molecular weight is 578 g/mol. The topological polar surface area (TPSA) is 100 Å². The Kier molecular flexibility index (Phi) is 8.29. The lowest BCUT2D eigenvalue weighted by molar-refractivity contribution is 0.0684. The number of rotatable bonds is 8. The van der Waals surface area contributed by atoms with E-state index in [4.69, 9.17) is 26.8 Å². The molecule has 2 aromatic carbocycles. The van der Waals surface area contributed by atoms with Gasteiger partial charge in [-0.1, -0.05) is 41.9 Å². The van der Waals surface area contributed by atoms with Crippen LogP contribution in [0.2, 0.25) is 5.15 Å². The highest BCUT2D eigenvalue weighted by Gasteiger charge is 2.40. The molecule has 1 aromatic heterocycles. The molecule has 0 saturated carbocycles. The molecule has 2 bridgehead atoms. The summed E-state index contributed by atoms with van der Waals surface area (Å²) < 4.78 is 11.5. The summed E-state index contributed by atoms with van der Waals surface area (Å²) >= 11 is 6.09. The molecule has 3 fully saturated rings. The van der Waals surface area contributed by atoms with Gasteiger partial charge in [-0.2, -0.15) is 0 Å². The van der Waals surface area contributed by atoms with Crippen molar-refractivity contribution in [2.75, 3.05) is 68.0 Å². The fourth-order valence-corrected chi connectivity index (χ4v) is 6.26. The normalized spacial score (nSPS) is 20.8. The number of piperazine rings is 2. The Morgan fingerprint density at radius 1 is 0.951 bits per heavy atom. The molecule has 0 unspecified atom stereocenters. The summed E-state index contributed by atoms with van der Waals surface area (Å²) in [7, 11) is 0. The lowest BCUT2D eigenvalue weighted by Crippen LogP contribution is -2.54. The van der Waals surface area contributed by atoms with Crippen LogP contribution in [0.4, 0.5) is 22.0 Å². The smallest absolute Gasteiger partial charge is 0.410 e. The minimum atomic E-state index is -0.248.